The van der Waals surface area contributed by atoms with Crippen molar-refractivity contribution in [1.82, 2.24) is 4.31 Å². The summed E-state index contributed by atoms with van der Waals surface area (Å²) < 4.78 is 44.7. The van der Waals surface area contributed by atoms with Crippen molar-refractivity contribution in [3.05, 3.63) is 29.6 Å². The van der Waals surface area contributed by atoms with Gasteiger partial charge in [0.15, 0.2) is 11.6 Å². The Kier molecular flexibility index (Phi) is 4.01. The normalized spacial score (nSPS) is 16.9. The molecule has 0 spiro atoms. The molecule has 0 saturated heterocycles. The first-order valence-electron chi connectivity index (χ1n) is 6.15. The maximum atomic E-state index is 13.8. The van der Waals surface area contributed by atoms with Crippen LogP contribution in [-0.4, -0.2) is 32.9 Å². The third-order valence-electron chi connectivity index (χ3n) is 3.29. The summed E-state index contributed by atoms with van der Waals surface area (Å²) in [6.07, 6.45) is 2.53. The van der Waals surface area contributed by atoms with E-state index in [1.165, 1.54) is 17.5 Å². The summed E-state index contributed by atoms with van der Waals surface area (Å²) in [7, 11) is -2.46. The van der Waals surface area contributed by atoms with Crippen molar-refractivity contribution in [1.29, 1.82) is 0 Å². The lowest BCUT2D eigenvalue weighted by molar-refractivity contribution is 0.387. The number of ether oxygens (including phenoxy) is 1. The van der Waals surface area contributed by atoms with E-state index in [1.807, 2.05) is 13.0 Å². The Hall–Kier alpha value is -1.60. The van der Waals surface area contributed by atoms with Crippen molar-refractivity contribution < 1.29 is 17.5 Å². The van der Waals surface area contributed by atoms with E-state index in [-0.39, 0.29) is 16.3 Å². The van der Waals surface area contributed by atoms with Crippen LogP contribution in [0.3, 0.4) is 0 Å². The summed E-state index contributed by atoms with van der Waals surface area (Å²) in [5, 5.41) is 0. The lowest BCUT2D eigenvalue weighted by Crippen LogP contribution is -2.34. The predicted octanol–water partition coefficient (Wildman–Crippen LogP) is 1.76. The second-order valence-electron chi connectivity index (χ2n) is 4.69. The monoisotopic (exact) mass is 300 g/mol. The fourth-order valence-corrected chi connectivity index (χ4v) is 3.50. The molecule has 5 nitrogen and oxygen atoms in total. The van der Waals surface area contributed by atoms with Gasteiger partial charge in [0.25, 0.3) is 0 Å². The van der Waals surface area contributed by atoms with Crippen molar-refractivity contribution in [3.8, 4) is 5.75 Å². The molecule has 0 aliphatic carbocycles. The first kappa shape index (κ1) is 14.8. The quantitative estimate of drug-likeness (QED) is 0.682. The third-order valence-corrected chi connectivity index (χ3v) is 5.13. The molecule has 1 aliphatic heterocycles. The molecule has 20 heavy (non-hydrogen) atoms. The number of methoxy groups -OCH3 is 1. The number of nitrogen functional groups attached to an aromatic ring is 1. The van der Waals surface area contributed by atoms with Crippen LogP contribution < -0.4 is 10.5 Å². The summed E-state index contributed by atoms with van der Waals surface area (Å²) in [5.41, 5.74) is 6.74. The zero-order chi connectivity index (χ0) is 14.9. The minimum absolute atomic E-state index is 0.0326. The van der Waals surface area contributed by atoms with Crippen LogP contribution in [-0.2, 0) is 10.0 Å². The van der Waals surface area contributed by atoms with Crippen LogP contribution in [0.4, 0.5) is 10.1 Å². The zero-order valence-corrected chi connectivity index (χ0v) is 12.2. The molecule has 0 saturated carbocycles. The Labute approximate surface area is 117 Å². The molecule has 0 radical (unpaired) electrons. The van der Waals surface area contributed by atoms with Crippen molar-refractivity contribution in [2.24, 2.45) is 0 Å². The second kappa shape index (κ2) is 5.41. The van der Waals surface area contributed by atoms with Crippen LogP contribution in [0.2, 0.25) is 0 Å². The molecule has 0 bridgehead atoms. The Morgan fingerprint density at radius 1 is 1.40 bits per heavy atom. The van der Waals surface area contributed by atoms with E-state index in [0.717, 1.165) is 11.6 Å². The summed E-state index contributed by atoms with van der Waals surface area (Å²) in [6, 6.07) is 2.16. The Bertz CT molecular complexity index is 633. The molecule has 1 aliphatic rings. The highest BCUT2D eigenvalue weighted by atomic mass is 32.2. The average molecular weight is 300 g/mol. The molecule has 110 valence electrons. The number of rotatable bonds is 3. The van der Waals surface area contributed by atoms with Gasteiger partial charge in [0.1, 0.15) is 0 Å². The minimum atomic E-state index is -3.74. The number of halogens is 1. The van der Waals surface area contributed by atoms with Crippen LogP contribution in [0, 0.1) is 5.82 Å². The smallest absolute Gasteiger partial charge is 0.243 e. The molecule has 0 aromatic heterocycles. The topological polar surface area (TPSA) is 72.6 Å². The molecule has 2 rings (SSSR count). The zero-order valence-electron chi connectivity index (χ0n) is 11.4. The van der Waals surface area contributed by atoms with Crippen LogP contribution in [0.1, 0.15) is 13.3 Å². The SMILES string of the molecule is COc1c(N)cc(S(=O)(=O)N2CC=C(C)CC2)cc1F. The minimum Gasteiger partial charge on any atom is -0.492 e. The molecule has 0 amide bonds. The maximum Gasteiger partial charge on any atom is 0.243 e. The first-order chi connectivity index (χ1) is 9.36. The fraction of sp³-hybridized carbons (Fsp3) is 0.385. The molecular formula is C13H17FN2O3S. The van der Waals surface area contributed by atoms with Crippen molar-refractivity contribution in [2.45, 2.75) is 18.2 Å². The lowest BCUT2D eigenvalue weighted by atomic mass is 10.1. The van der Waals surface area contributed by atoms with E-state index < -0.39 is 15.8 Å². The number of anilines is 1. The molecule has 0 fully saturated rings. The highest BCUT2D eigenvalue weighted by Gasteiger charge is 2.27. The van der Waals surface area contributed by atoms with Crippen LogP contribution in [0.15, 0.2) is 28.7 Å². The highest BCUT2D eigenvalue weighted by Crippen LogP contribution is 2.30. The van der Waals surface area contributed by atoms with Crippen molar-refractivity contribution in [2.75, 3.05) is 25.9 Å². The van der Waals surface area contributed by atoms with Gasteiger partial charge in [-0.1, -0.05) is 11.6 Å². The second-order valence-corrected chi connectivity index (χ2v) is 6.63. The molecule has 0 atom stereocenters. The lowest BCUT2D eigenvalue weighted by Gasteiger charge is -2.25. The van der Waals surface area contributed by atoms with Gasteiger partial charge < -0.3 is 10.5 Å². The number of sulfonamides is 1. The molecule has 2 N–H and O–H groups in total. The van der Waals surface area contributed by atoms with Gasteiger partial charge >= 0.3 is 0 Å². The fourth-order valence-electron chi connectivity index (χ4n) is 2.07. The van der Waals surface area contributed by atoms with E-state index in [0.29, 0.717) is 19.5 Å². The summed E-state index contributed by atoms with van der Waals surface area (Å²) in [6.45, 7) is 2.63. The molecule has 1 heterocycles. The summed E-state index contributed by atoms with van der Waals surface area (Å²) >= 11 is 0. The van der Waals surface area contributed by atoms with E-state index in [2.05, 4.69) is 0 Å². The van der Waals surface area contributed by atoms with Gasteiger partial charge in [-0.15, -0.1) is 0 Å². The maximum absolute atomic E-state index is 13.8. The third kappa shape index (κ3) is 2.64. The van der Waals surface area contributed by atoms with Gasteiger partial charge in [0.05, 0.1) is 17.7 Å². The van der Waals surface area contributed by atoms with Gasteiger partial charge in [0.2, 0.25) is 10.0 Å². The first-order valence-corrected chi connectivity index (χ1v) is 7.59. The number of hydrogen-bond acceptors (Lipinski definition) is 4. The Morgan fingerprint density at radius 2 is 2.10 bits per heavy atom. The number of nitrogens with two attached hydrogens (primary N) is 1. The van der Waals surface area contributed by atoms with Crippen LogP contribution >= 0.6 is 0 Å². The van der Waals surface area contributed by atoms with Crippen molar-refractivity contribution in [3.63, 3.8) is 0 Å². The summed E-state index contributed by atoms with van der Waals surface area (Å²) in [5.74, 6) is -0.923. The largest absolute Gasteiger partial charge is 0.492 e. The molecule has 1 aromatic rings. The van der Waals surface area contributed by atoms with E-state index in [9.17, 15) is 12.8 Å². The molecular weight excluding hydrogens is 283 g/mol. The van der Waals surface area contributed by atoms with Crippen LogP contribution in [0.25, 0.3) is 0 Å². The van der Waals surface area contributed by atoms with Gasteiger partial charge in [-0.3, -0.25) is 0 Å². The van der Waals surface area contributed by atoms with E-state index in [4.69, 9.17) is 10.5 Å². The molecule has 0 unspecified atom stereocenters. The van der Waals surface area contributed by atoms with Gasteiger partial charge in [-0.2, -0.15) is 4.31 Å². The molecule has 1 aromatic carbocycles. The average Bonchev–Trinajstić information content (AvgIpc) is 2.38. The van der Waals surface area contributed by atoms with Gasteiger partial charge in [-0.25, -0.2) is 12.8 Å². The van der Waals surface area contributed by atoms with Gasteiger partial charge in [0, 0.05) is 13.1 Å². The van der Waals surface area contributed by atoms with Gasteiger partial charge in [-0.05, 0) is 25.5 Å². The van der Waals surface area contributed by atoms with Crippen LogP contribution in [0.5, 0.6) is 5.75 Å². The number of nitrogens with zero attached hydrogens (tertiary/aromatic N) is 1. The Morgan fingerprint density at radius 3 is 2.60 bits per heavy atom. The Balaban J connectivity index is 2.40. The van der Waals surface area contributed by atoms with E-state index in [1.54, 1.807) is 0 Å². The van der Waals surface area contributed by atoms with E-state index >= 15 is 0 Å². The number of benzene rings is 1. The molecule has 7 heteroatoms. The highest BCUT2D eigenvalue weighted by molar-refractivity contribution is 7.89. The van der Waals surface area contributed by atoms with Crippen molar-refractivity contribution >= 4 is 15.7 Å². The predicted molar refractivity (Wildman–Crippen MR) is 74.5 cm³/mol. The summed E-state index contributed by atoms with van der Waals surface area (Å²) in [4.78, 5) is -0.152. The standard InChI is InChI=1S/C13H17FN2O3S/c1-9-3-5-16(6-4-9)20(17,18)10-7-11(14)13(19-2)12(15)8-10/h3,7-8H,4-6,15H2,1-2H3. The number of hydrogen-bond donors (Lipinski definition) is 1.